The van der Waals surface area contributed by atoms with E-state index in [1.54, 1.807) is 7.11 Å². The second-order valence-corrected chi connectivity index (χ2v) is 7.49. The molecular weight excluding hydrogens is 350 g/mol. The Morgan fingerprint density at radius 2 is 1.82 bits per heavy atom. The molecule has 148 valence electrons. The minimum Gasteiger partial charge on any atom is -0.496 e. The van der Waals surface area contributed by atoms with E-state index in [1.165, 1.54) is 5.69 Å². The molecule has 1 fully saturated rings. The minimum atomic E-state index is 0.749. The van der Waals surface area contributed by atoms with Crippen LogP contribution in [0.4, 0.5) is 5.69 Å². The predicted octanol–water partition coefficient (Wildman–Crippen LogP) is 3.04. The molecule has 1 saturated heterocycles. The van der Waals surface area contributed by atoms with Crippen molar-refractivity contribution in [1.82, 2.24) is 19.2 Å². The fraction of sp³-hybridized carbons (Fsp3) is 0.409. The maximum Gasteiger partial charge on any atom is 0.137 e. The number of nitrogens with zero attached hydrogens (tertiary/aromatic N) is 4. The Kier molecular flexibility index (Phi) is 5.24. The van der Waals surface area contributed by atoms with Crippen molar-refractivity contribution in [2.24, 2.45) is 0 Å². The number of ether oxygens (including phenoxy) is 1. The number of pyridine rings is 1. The maximum absolute atomic E-state index is 6.09. The first kappa shape index (κ1) is 18.8. The van der Waals surface area contributed by atoms with Gasteiger partial charge in [0.2, 0.25) is 0 Å². The first-order valence-corrected chi connectivity index (χ1v) is 9.95. The summed E-state index contributed by atoms with van der Waals surface area (Å²) in [5.41, 5.74) is 12.2. The van der Waals surface area contributed by atoms with Crippen LogP contribution in [0.25, 0.3) is 16.9 Å². The smallest absolute Gasteiger partial charge is 0.137 e. The number of nitrogens with two attached hydrogens (primary N) is 1. The number of piperazine rings is 1. The van der Waals surface area contributed by atoms with E-state index in [4.69, 9.17) is 15.5 Å². The number of likely N-dealkylation sites (N-methyl/N-ethyl adjacent to an activating group) is 1. The lowest BCUT2D eigenvalue weighted by Crippen LogP contribution is -2.45. The van der Waals surface area contributed by atoms with Crippen LogP contribution in [0, 0.1) is 6.92 Å². The Balaban J connectivity index is 1.74. The Labute approximate surface area is 166 Å². The average Bonchev–Trinajstić information content (AvgIpc) is 3.06. The van der Waals surface area contributed by atoms with E-state index in [0.29, 0.717) is 0 Å². The summed E-state index contributed by atoms with van der Waals surface area (Å²) >= 11 is 0. The molecule has 0 atom stereocenters. The van der Waals surface area contributed by atoms with E-state index in [1.807, 2.05) is 24.4 Å². The average molecular weight is 380 g/mol. The fourth-order valence-electron chi connectivity index (χ4n) is 3.99. The van der Waals surface area contributed by atoms with Crippen molar-refractivity contribution in [3.05, 3.63) is 47.8 Å². The Morgan fingerprint density at radius 3 is 2.50 bits per heavy atom. The molecule has 1 aliphatic rings. The molecule has 0 unspecified atom stereocenters. The van der Waals surface area contributed by atoms with Crippen LogP contribution in [0.5, 0.6) is 5.75 Å². The molecule has 6 nitrogen and oxygen atoms in total. The first-order valence-electron chi connectivity index (χ1n) is 9.95. The molecule has 0 spiro atoms. The van der Waals surface area contributed by atoms with Crippen molar-refractivity contribution in [1.29, 1.82) is 0 Å². The molecule has 0 bridgehead atoms. The number of hydrogen-bond donors (Lipinski definition) is 1. The van der Waals surface area contributed by atoms with Gasteiger partial charge in [0.05, 0.1) is 18.5 Å². The summed E-state index contributed by atoms with van der Waals surface area (Å²) in [4.78, 5) is 9.96. The quantitative estimate of drug-likeness (QED) is 0.738. The van der Waals surface area contributed by atoms with Crippen molar-refractivity contribution >= 4 is 11.3 Å². The molecule has 0 saturated carbocycles. The highest BCUT2D eigenvalue weighted by Crippen LogP contribution is 2.30. The van der Waals surface area contributed by atoms with Crippen LogP contribution < -0.4 is 10.5 Å². The number of imidazole rings is 1. The van der Waals surface area contributed by atoms with Gasteiger partial charge in [-0.2, -0.15) is 0 Å². The van der Waals surface area contributed by atoms with Gasteiger partial charge < -0.3 is 19.8 Å². The third-order valence-corrected chi connectivity index (χ3v) is 5.69. The number of anilines is 1. The summed E-state index contributed by atoms with van der Waals surface area (Å²) in [5.74, 6) is 0.897. The monoisotopic (exact) mass is 379 g/mol. The van der Waals surface area contributed by atoms with E-state index in [-0.39, 0.29) is 0 Å². The predicted molar refractivity (Wildman–Crippen MR) is 114 cm³/mol. The lowest BCUT2D eigenvalue weighted by molar-refractivity contribution is 0.131. The summed E-state index contributed by atoms with van der Waals surface area (Å²) < 4.78 is 7.58. The normalized spacial score (nSPS) is 16.0. The van der Waals surface area contributed by atoms with Crippen LogP contribution in [0.1, 0.15) is 18.2 Å². The van der Waals surface area contributed by atoms with E-state index >= 15 is 0 Å². The Hall–Kier alpha value is -2.57. The lowest BCUT2D eigenvalue weighted by Gasteiger charge is -2.34. The lowest BCUT2D eigenvalue weighted by atomic mass is 10.1. The van der Waals surface area contributed by atoms with Gasteiger partial charge in [-0.25, -0.2) is 4.98 Å². The van der Waals surface area contributed by atoms with Crippen LogP contribution in [-0.2, 0) is 6.54 Å². The van der Waals surface area contributed by atoms with Crippen LogP contribution >= 0.6 is 0 Å². The molecule has 0 radical (unpaired) electrons. The third-order valence-electron chi connectivity index (χ3n) is 5.69. The zero-order chi connectivity index (χ0) is 19.7. The van der Waals surface area contributed by atoms with E-state index in [2.05, 4.69) is 40.2 Å². The highest BCUT2D eigenvalue weighted by molar-refractivity contribution is 5.69. The molecule has 1 aliphatic heterocycles. The second-order valence-electron chi connectivity index (χ2n) is 7.49. The SMILES string of the molecule is CCN1CCN(Cc2c(-c3ccc(OC)c(C)c3)nc3ccc(N)cn23)CC1. The molecule has 1 aromatic carbocycles. The van der Waals surface area contributed by atoms with Crippen LogP contribution in [0.2, 0.25) is 0 Å². The summed E-state index contributed by atoms with van der Waals surface area (Å²) in [5, 5.41) is 0. The fourth-order valence-corrected chi connectivity index (χ4v) is 3.99. The van der Waals surface area contributed by atoms with Gasteiger partial charge in [-0.05, 0) is 49.4 Å². The molecular formula is C22H29N5O. The van der Waals surface area contributed by atoms with E-state index in [9.17, 15) is 0 Å². The highest BCUT2D eigenvalue weighted by atomic mass is 16.5. The van der Waals surface area contributed by atoms with Gasteiger partial charge in [0.1, 0.15) is 11.4 Å². The van der Waals surface area contributed by atoms with Gasteiger partial charge in [-0.3, -0.25) is 4.90 Å². The number of aromatic nitrogens is 2. The minimum absolute atomic E-state index is 0.749. The summed E-state index contributed by atoms with van der Waals surface area (Å²) in [6, 6.07) is 10.2. The molecule has 3 heterocycles. The molecule has 4 rings (SSSR count). The first-order chi connectivity index (χ1) is 13.6. The highest BCUT2D eigenvalue weighted by Gasteiger charge is 2.21. The van der Waals surface area contributed by atoms with Gasteiger partial charge in [0.15, 0.2) is 0 Å². The van der Waals surface area contributed by atoms with E-state index < -0.39 is 0 Å². The molecule has 0 aliphatic carbocycles. The van der Waals surface area contributed by atoms with Crippen molar-refractivity contribution in [3.63, 3.8) is 0 Å². The molecule has 2 N–H and O–H groups in total. The Morgan fingerprint density at radius 1 is 1.07 bits per heavy atom. The zero-order valence-electron chi connectivity index (χ0n) is 17.0. The van der Waals surface area contributed by atoms with Crippen molar-refractivity contribution < 1.29 is 4.74 Å². The van der Waals surface area contributed by atoms with Crippen molar-refractivity contribution in [3.8, 4) is 17.0 Å². The van der Waals surface area contributed by atoms with Crippen LogP contribution in [0.15, 0.2) is 36.5 Å². The second kappa shape index (κ2) is 7.81. The van der Waals surface area contributed by atoms with Crippen molar-refractivity contribution in [2.75, 3.05) is 45.6 Å². The van der Waals surface area contributed by atoms with Gasteiger partial charge >= 0.3 is 0 Å². The number of nitrogen functional groups attached to an aromatic ring is 1. The number of hydrogen-bond acceptors (Lipinski definition) is 5. The standard InChI is InChI=1S/C22H29N5O/c1-4-25-9-11-26(12-10-25)15-19-22(17-5-7-20(28-3)16(2)13-17)24-21-8-6-18(23)14-27(19)21/h5-8,13-14H,4,9-12,15,23H2,1-3H3. The summed E-state index contributed by atoms with van der Waals surface area (Å²) in [6.45, 7) is 10.7. The maximum atomic E-state index is 6.09. The molecule has 6 heteroatoms. The number of rotatable bonds is 5. The van der Waals surface area contributed by atoms with Gasteiger partial charge in [0.25, 0.3) is 0 Å². The topological polar surface area (TPSA) is 59.0 Å². The summed E-state index contributed by atoms with van der Waals surface area (Å²) in [7, 11) is 1.71. The van der Waals surface area contributed by atoms with Crippen LogP contribution in [0.3, 0.4) is 0 Å². The summed E-state index contributed by atoms with van der Waals surface area (Å²) in [6.07, 6.45) is 1.99. The molecule has 0 amide bonds. The van der Waals surface area contributed by atoms with Crippen LogP contribution in [-0.4, -0.2) is 59.0 Å². The number of benzene rings is 1. The van der Waals surface area contributed by atoms with Gasteiger partial charge in [-0.15, -0.1) is 0 Å². The Bertz CT molecular complexity index is 972. The van der Waals surface area contributed by atoms with Gasteiger partial charge in [-0.1, -0.05) is 6.92 Å². The molecule has 28 heavy (non-hydrogen) atoms. The number of fused-ring (bicyclic) bond motifs is 1. The number of aryl methyl sites for hydroxylation is 1. The van der Waals surface area contributed by atoms with Crippen molar-refractivity contribution in [2.45, 2.75) is 20.4 Å². The largest absolute Gasteiger partial charge is 0.496 e. The zero-order valence-corrected chi connectivity index (χ0v) is 17.0. The third kappa shape index (κ3) is 3.57. The van der Waals surface area contributed by atoms with E-state index in [0.717, 1.165) is 73.2 Å². The number of methoxy groups -OCH3 is 1. The molecule has 3 aromatic rings. The molecule has 2 aromatic heterocycles. The van der Waals surface area contributed by atoms with Gasteiger partial charge in [0, 0.05) is 50.2 Å².